The number of likely N-dealkylation sites (tertiary alicyclic amines) is 1. The number of aryl methyl sites for hydroxylation is 1. The number of carboxylic acid groups (broad SMARTS) is 1. The number of nitrogens with one attached hydrogen (secondary N) is 1. The first-order valence-corrected chi connectivity index (χ1v) is 14.1. The number of halogens is 3. The highest BCUT2D eigenvalue weighted by atomic mass is 19.4. The summed E-state index contributed by atoms with van der Waals surface area (Å²) in [5.41, 5.74) is -0.462. The minimum Gasteiger partial charge on any atom is -0.480 e. The SMILES string of the molecule is CO[C@H](C(=O)N1C(C(=O)O)C(C(C)(C)C)C(Nc2cc(C(F)(F)F)cc(C)n2)C1c1cccnc1N(C)C)c1ccccc1. The topological polar surface area (TPSA) is 108 Å². The van der Waals surface area contributed by atoms with Gasteiger partial charge in [0.15, 0.2) is 6.10 Å². The van der Waals surface area contributed by atoms with Crippen molar-refractivity contribution in [1.82, 2.24) is 14.9 Å². The summed E-state index contributed by atoms with van der Waals surface area (Å²) < 4.78 is 47.1. The molecule has 4 rings (SSSR count). The van der Waals surface area contributed by atoms with Crippen molar-refractivity contribution in [1.29, 1.82) is 0 Å². The molecule has 0 radical (unpaired) electrons. The van der Waals surface area contributed by atoms with Crippen molar-refractivity contribution in [2.75, 3.05) is 31.4 Å². The average molecular weight is 614 g/mol. The highest BCUT2D eigenvalue weighted by molar-refractivity contribution is 5.89. The second-order valence-corrected chi connectivity index (χ2v) is 12.3. The molecule has 0 spiro atoms. The van der Waals surface area contributed by atoms with Crippen molar-refractivity contribution >= 4 is 23.5 Å². The molecule has 3 heterocycles. The molecule has 236 valence electrons. The zero-order chi connectivity index (χ0) is 32.6. The summed E-state index contributed by atoms with van der Waals surface area (Å²) in [5, 5.41) is 13.9. The number of amides is 1. The molecule has 0 saturated carbocycles. The van der Waals surface area contributed by atoms with Crippen LogP contribution in [0.25, 0.3) is 0 Å². The smallest absolute Gasteiger partial charge is 0.416 e. The molecule has 1 saturated heterocycles. The number of nitrogens with zero attached hydrogens (tertiary/aromatic N) is 4. The van der Waals surface area contributed by atoms with E-state index in [4.69, 9.17) is 4.74 Å². The summed E-state index contributed by atoms with van der Waals surface area (Å²) in [7, 11) is 4.91. The van der Waals surface area contributed by atoms with Gasteiger partial charge in [-0.3, -0.25) is 4.79 Å². The van der Waals surface area contributed by atoms with Crippen LogP contribution in [0.15, 0.2) is 60.8 Å². The second-order valence-electron chi connectivity index (χ2n) is 12.3. The maximum atomic E-state index is 14.6. The lowest BCUT2D eigenvalue weighted by Crippen LogP contribution is -2.48. The third kappa shape index (κ3) is 6.50. The quantitative estimate of drug-likeness (QED) is 0.332. The van der Waals surface area contributed by atoms with Crippen LogP contribution in [0.4, 0.5) is 24.8 Å². The summed E-state index contributed by atoms with van der Waals surface area (Å²) in [6, 6.07) is 10.7. The minimum atomic E-state index is -4.63. The molecule has 1 aliphatic heterocycles. The summed E-state index contributed by atoms with van der Waals surface area (Å²) in [6.07, 6.45) is -4.19. The van der Waals surface area contributed by atoms with Crippen LogP contribution in [0.5, 0.6) is 0 Å². The first-order valence-electron chi connectivity index (χ1n) is 14.1. The molecule has 1 aliphatic rings. The number of carbonyl (C=O) groups is 2. The summed E-state index contributed by atoms with van der Waals surface area (Å²) >= 11 is 0. The van der Waals surface area contributed by atoms with E-state index < -0.39 is 59.2 Å². The number of pyridine rings is 2. The minimum absolute atomic E-state index is 0.0818. The van der Waals surface area contributed by atoms with Crippen molar-refractivity contribution in [3.05, 3.63) is 83.2 Å². The lowest BCUT2D eigenvalue weighted by Gasteiger charge is -2.35. The van der Waals surface area contributed by atoms with Crippen LogP contribution in [-0.2, 0) is 20.5 Å². The van der Waals surface area contributed by atoms with E-state index in [-0.39, 0.29) is 11.5 Å². The standard InChI is InChI=1S/C32H38F3N5O4/c1-18-16-20(32(33,34)35)17-22(37-18)38-24-23(31(2,3)4)26(30(42)43)40(25(24)21-14-11-15-36-28(21)39(5)6)29(41)27(44-7)19-12-9-8-10-13-19/h8-17,23-27H,1-7H3,(H,37,38)(H,42,43)/t23?,24?,25?,26?,27-/m0/s1. The first-order chi connectivity index (χ1) is 20.6. The first kappa shape index (κ1) is 32.7. The zero-order valence-corrected chi connectivity index (χ0v) is 25.8. The fraction of sp³-hybridized carbons (Fsp3) is 0.438. The fourth-order valence-electron chi connectivity index (χ4n) is 6.22. The van der Waals surface area contributed by atoms with Gasteiger partial charge >= 0.3 is 12.1 Å². The molecule has 44 heavy (non-hydrogen) atoms. The van der Waals surface area contributed by atoms with Gasteiger partial charge in [0.2, 0.25) is 0 Å². The Morgan fingerprint density at radius 1 is 1.07 bits per heavy atom. The van der Waals surface area contributed by atoms with Gasteiger partial charge in [-0.1, -0.05) is 57.2 Å². The van der Waals surface area contributed by atoms with Crippen molar-refractivity contribution in [3.8, 4) is 0 Å². The summed E-state index contributed by atoms with van der Waals surface area (Å²) in [4.78, 5) is 39.7. The van der Waals surface area contributed by atoms with Gasteiger partial charge in [0.25, 0.3) is 5.91 Å². The molecule has 9 nitrogen and oxygen atoms in total. The van der Waals surface area contributed by atoms with Crippen molar-refractivity contribution in [3.63, 3.8) is 0 Å². The van der Waals surface area contributed by atoms with Gasteiger partial charge in [0.1, 0.15) is 17.7 Å². The van der Waals surface area contributed by atoms with Crippen LogP contribution in [0, 0.1) is 18.3 Å². The lowest BCUT2D eigenvalue weighted by molar-refractivity contribution is -0.157. The van der Waals surface area contributed by atoms with Gasteiger partial charge in [-0.25, -0.2) is 14.8 Å². The number of hydrogen-bond acceptors (Lipinski definition) is 7. The number of rotatable bonds is 8. The third-order valence-electron chi connectivity index (χ3n) is 7.89. The predicted octanol–water partition coefficient (Wildman–Crippen LogP) is 5.74. The molecule has 0 bridgehead atoms. The average Bonchev–Trinajstić information content (AvgIpc) is 3.28. The van der Waals surface area contributed by atoms with Crippen LogP contribution in [0.3, 0.4) is 0 Å². The van der Waals surface area contributed by atoms with Gasteiger partial charge in [-0.05, 0) is 36.1 Å². The van der Waals surface area contributed by atoms with Crippen molar-refractivity contribution in [2.24, 2.45) is 11.3 Å². The van der Waals surface area contributed by atoms with Crippen LogP contribution in [-0.4, -0.2) is 65.1 Å². The third-order valence-corrected chi connectivity index (χ3v) is 7.89. The normalized spacial score (nSPS) is 21.2. The van der Waals surface area contributed by atoms with E-state index in [0.29, 0.717) is 16.9 Å². The number of carbonyl (C=O) groups excluding carboxylic acids is 1. The molecule has 4 unspecified atom stereocenters. The number of aliphatic carboxylic acids is 1. The molecule has 3 aromatic rings. The molecule has 1 aromatic carbocycles. The Kier molecular flexibility index (Phi) is 9.24. The van der Waals surface area contributed by atoms with Crippen molar-refractivity contribution < 1.29 is 32.6 Å². The van der Waals surface area contributed by atoms with Crippen LogP contribution < -0.4 is 10.2 Å². The summed E-state index contributed by atoms with van der Waals surface area (Å²) in [5.74, 6) is -2.26. The molecular formula is C32H38F3N5O4. The highest BCUT2D eigenvalue weighted by Crippen LogP contribution is 2.51. The predicted molar refractivity (Wildman–Crippen MR) is 160 cm³/mol. The van der Waals surface area contributed by atoms with E-state index in [1.165, 1.54) is 18.9 Å². The van der Waals surface area contributed by atoms with Crippen LogP contribution in [0.1, 0.15) is 55.3 Å². The molecule has 5 atom stereocenters. The molecule has 2 aromatic heterocycles. The van der Waals surface area contributed by atoms with Crippen LogP contribution in [0.2, 0.25) is 0 Å². The van der Waals surface area contributed by atoms with Gasteiger partial charge in [-0.15, -0.1) is 0 Å². The van der Waals surface area contributed by atoms with E-state index in [0.717, 1.165) is 12.1 Å². The number of anilines is 2. The molecular weight excluding hydrogens is 575 g/mol. The van der Waals surface area contributed by atoms with E-state index in [9.17, 15) is 27.9 Å². The Morgan fingerprint density at radius 3 is 2.27 bits per heavy atom. The molecule has 1 fully saturated rings. The Hall–Kier alpha value is -4.19. The zero-order valence-electron chi connectivity index (χ0n) is 25.8. The molecule has 1 amide bonds. The maximum absolute atomic E-state index is 14.6. The molecule has 0 aliphatic carbocycles. The number of benzene rings is 1. The Labute approximate surface area is 255 Å². The molecule has 12 heteroatoms. The Morgan fingerprint density at radius 2 is 1.73 bits per heavy atom. The number of hydrogen-bond donors (Lipinski definition) is 2. The number of ether oxygens (including phenoxy) is 1. The number of methoxy groups -OCH3 is 1. The van der Waals surface area contributed by atoms with E-state index in [1.807, 2.05) is 20.8 Å². The maximum Gasteiger partial charge on any atom is 0.416 e. The van der Waals surface area contributed by atoms with Gasteiger partial charge in [-0.2, -0.15) is 13.2 Å². The Bertz CT molecular complexity index is 1490. The monoisotopic (exact) mass is 613 g/mol. The fourth-order valence-corrected chi connectivity index (χ4v) is 6.22. The van der Waals surface area contributed by atoms with Crippen molar-refractivity contribution in [2.45, 2.75) is 58.1 Å². The van der Waals surface area contributed by atoms with E-state index in [1.54, 1.807) is 67.7 Å². The van der Waals surface area contributed by atoms with E-state index >= 15 is 0 Å². The van der Waals surface area contributed by atoms with E-state index in [2.05, 4.69) is 15.3 Å². The lowest BCUT2D eigenvalue weighted by atomic mass is 9.72. The highest BCUT2D eigenvalue weighted by Gasteiger charge is 2.59. The largest absolute Gasteiger partial charge is 0.480 e. The second kappa shape index (κ2) is 12.4. The number of alkyl halides is 3. The van der Waals surface area contributed by atoms with Gasteiger partial charge in [0.05, 0.1) is 17.6 Å². The Balaban J connectivity index is 2.00. The van der Waals surface area contributed by atoms with Crippen LogP contribution >= 0.6 is 0 Å². The molecule has 2 N–H and O–H groups in total. The number of aromatic nitrogens is 2. The van der Waals surface area contributed by atoms with Gasteiger partial charge < -0.3 is 25.0 Å². The number of carboxylic acids is 1. The summed E-state index contributed by atoms with van der Waals surface area (Å²) in [6.45, 7) is 7.00. The van der Waals surface area contributed by atoms with Gasteiger partial charge in [0, 0.05) is 44.6 Å².